The Hall–Kier alpha value is -3.01. The number of carbonyl (C=O) groups is 2. The molecule has 0 aromatic heterocycles. The summed E-state index contributed by atoms with van der Waals surface area (Å²) in [5.74, 6) is -0.756. The Kier molecular flexibility index (Phi) is 10.4. The van der Waals surface area contributed by atoms with E-state index in [0.717, 1.165) is 46.0 Å². The third kappa shape index (κ3) is 7.84. The van der Waals surface area contributed by atoms with Crippen molar-refractivity contribution in [2.24, 2.45) is 0 Å². The Morgan fingerprint density at radius 2 is 1.68 bits per heavy atom. The van der Waals surface area contributed by atoms with Gasteiger partial charge in [-0.05, 0) is 87.0 Å². The lowest BCUT2D eigenvalue weighted by atomic mass is 10.1. The molecule has 0 heterocycles. The van der Waals surface area contributed by atoms with Crippen molar-refractivity contribution in [2.45, 2.75) is 68.0 Å². The molecule has 4 rings (SSSR count). The topological polar surface area (TPSA) is 86.8 Å². The first-order valence-electron chi connectivity index (χ1n) is 13.7. The molecule has 2 amide bonds. The van der Waals surface area contributed by atoms with Crippen molar-refractivity contribution in [2.75, 3.05) is 17.1 Å². The highest BCUT2D eigenvalue weighted by atomic mass is 35.5. The lowest BCUT2D eigenvalue weighted by Gasteiger charge is -2.32. The van der Waals surface area contributed by atoms with Crippen LogP contribution in [-0.4, -0.2) is 50.0 Å². The average molecular weight is 614 g/mol. The lowest BCUT2D eigenvalue weighted by Crippen LogP contribution is -2.52. The van der Waals surface area contributed by atoms with E-state index in [-0.39, 0.29) is 23.4 Å². The first-order valence-corrected chi connectivity index (χ1v) is 16.7. The van der Waals surface area contributed by atoms with Gasteiger partial charge in [0.15, 0.2) is 0 Å². The number of nitrogens with zero attached hydrogens (tertiary/aromatic N) is 2. The van der Waals surface area contributed by atoms with E-state index in [2.05, 4.69) is 5.32 Å². The second-order valence-corrected chi connectivity index (χ2v) is 13.5. The van der Waals surface area contributed by atoms with E-state index in [1.165, 1.54) is 16.7 Å². The van der Waals surface area contributed by atoms with E-state index in [1.807, 2.05) is 19.2 Å². The standard InChI is InChI=1S/C31H36ClN3O4S2/c1-22-11-13-27(14-12-22)35(41(38,39)29-17-15-28(40-3)16-18-29)21-30(36)34(20-24-7-6-8-25(32)19-24)23(2)31(37)33-26-9-4-5-10-26/h6-8,11-19,23,26H,4-5,9-10,20-21H2,1-3H3,(H,33,37)/t23-/m0/s1. The molecule has 0 unspecified atom stereocenters. The van der Waals surface area contributed by atoms with Crippen molar-refractivity contribution < 1.29 is 18.0 Å². The molecule has 3 aromatic rings. The third-order valence-corrected chi connectivity index (χ3v) is 10.1. The third-order valence-electron chi connectivity index (χ3n) is 7.36. The van der Waals surface area contributed by atoms with Crippen molar-refractivity contribution >= 4 is 50.9 Å². The zero-order chi connectivity index (χ0) is 29.6. The number of halogens is 1. The molecule has 41 heavy (non-hydrogen) atoms. The van der Waals surface area contributed by atoms with E-state index in [9.17, 15) is 18.0 Å². The molecule has 1 atom stereocenters. The molecule has 1 aliphatic carbocycles. The number of anilines is 1. The Bertz CT molecular complexity index is 1460. The second kappa shape index (κ2) is 13.8. The van der Waals surface area contributed by atoms with E-state index in [4.69, 9.17) is 11.6 Å². The zero-order valence-corrected chi connectivity index (χ0v) is 25.9. The van der Waals surface area contributed by atoms with Crippen LogP contribution in [0.5, 0.6) is 0 Å². The van der Waals surface area contributed by atoms with Crippen molar-refractivity contribution in [1.82, 2.24) is 10.2 Å². The van der Waals surface area contributed by atoms with Crippen LogP contribution in [0.1, 0.15) is 43.7 Å². The Labute approximate surface area is 252 Å². The van der Waals surface area contributed by atoms with E-state index in [1.54, 1.807) is 73.7 Å². The number of hydrogen-bond acceptors (Lipinski definition) is 5. The molecule has 1 saturated carbocycles. The van der Waals surface area contributed by atoms with Gasteiger partial charge in [0, 0.05) is 22.5 Å². The molecule has 0 radical (unpaired) electrons. The van der Waals surface area contributed by atoms with Crippen molar-refractivity contribution in [3.8, 4) is 0 Å². The summed E-state index contributed by atoms with van der Waals surface area (Å²) in [5.41, 5.74) is 2.06. The largest absolute Gasteiger partial charge is 0.352 e. The van der Waals surface area contributed by atoms with Crippen molar-refractivity contribution in [1.29, 1.82) is 0 Å². The van der Waals surface area contributed by atoms with E-state index >= 15 is 0 Å². The molecule has 1 fully saturated rings. The van der Waals surface area contributed by atoms with Gasteiger partial charge in [-0.3, -0.25) is 13.9 Å². The number of carbonyl (C=O) groups excluding carboxylic acids is 2. The fourth-order valence-corrected chi connectivity index (χ4v) is 6.96. The van der Waals surface area contributed by atoms with Gasteiger partial charge < -0.3 is 10.2 Å². The molecule has 0 saturated heterocycles. The summed E-state index contributed by atoms with van der Waals surface area (Å²) in [6, 6.07) is 19.9. The first kappa shape index (κ1) is 30.9. The fraction of sp³-hybridized carbons (Fsp3) is 0.355. The predicted octanol–water partition coefficient (Wildman–Crippen LogP) is 6.04. The van der Waals surface area contributed by atoms with Crippen LogP contribution in [0.4, 0.5) is 5.69 Å². The average Bonchev–Trinajstić information content (AvgIpc) is 3.48. The highest BCUT2D eigenvalue weighted by Crippen LogP contribution is 2.27. The van der Waals surface area contributed by atoms with E-state index < -0.39 is 28.5 Å². The summed E-state index contributed by atoms with van der Waals surface area (Å²) in [5, 5.41) is 3.59. The van der Waals surface area contributed by atoms with Crippen LogP contribution < -0.4 is 9.62 Å². The van der Waals surface area contributed by atoms with Crippen LogP contribution >= 0.6 is 23.4 Å². The zero-order valence-electron chi connectivity index (χ0n) is 23.5. The minimum Gasteiger partial charge on any atom is -0.352 e. The molecule has 0 bridgehead atoms. The predicted molar refractivity (Wildman–Crippen MR) is 166 cm³/mol. The second-order valence-electron chi connectivity index (χ2n) is 10.3. The summed E-state index contributed by atoms with van der Waals surface area (Å²) in [6.45, 7) is 3.21. The first-order chi connectivity index (χ1) is 19.6. The summed E-state index contributed by atoms with van der Waals surface area (Å²) in [6.07, 6.45) is 5.86. The quantitative estimate of drug-likeness (QED) is 0.266. The maximum absolute atomic E-state index is 14.0. The number of thioether (sulfide) groups is 1. The molecule has 1 N–H and O–H groups in total. The Balaban J connectivity index is 1.68. The summed E-state index contributed by atoms with van der Waals surface area (Å²) >= 11 is 7.73. The maximum Gasteiger partial charge on any atom is 0.264 e. The van der Waals surface area contributed by atoms with Gasteiger partial charge in [0.05, 0.1) is 10.6 Å². The number of sulfonamides is 1. The van der Waals surface area contributed by atoms with Crippen LogP contribution in [0, 0.1) is 6.92 Å². The smallest absolute Gasteiger partial charge is 0.264 e. The number of aryl methyl sites for hydroxylation is 1. The highest BCUT2D eigenvalue weighted by molar-refractivity contribution is 7.98. The number of benzene rings is 3. The monoisotopic (exact) mass is 613 g/mol. The molecule has 1 aliphatic rings. The van der Waals surface area contributed by atoms with Crippen LogP contribution in [0.25, 0.3) is 0 Å². The molecule has 218 valence electrons. The molecule has 7 nitrogen and oxygen atoms in total. The molecule has 10 heteroatoms. The highest BCUT2D eigenvalue weighted by Gasteiger charge is 2.33. The van der Waals surface area contributed by atoms with Gasteiger partial charge in [0.2, 0.25) is 11.8 Å². The van der Waals surface area contributed by atoms with Gasteiger partial charge in [-0.15, -0.1) is 11.8 Å². The lowest BCUT2D eigenvalue weighted by molar-refractivity contribution is -0.139. The Morgan fingerprint density at radius 1 is 1.02 bits per heavy atom. The fourth-order valence-electron chi connectivity index (χ4n) is 4.92. The van der Waals surface area contributed by atoms with Crippen molar-refractivity contribution in [3.05, 3.63) is 88.9 Å². The van der Waals surface area contributed by atoms with Crippen LogP contribution in [0.2, 0.25) is 5.02 Å². The van der Waals surface area contributed by atoms with E-state index in [0.29, 0.717) is 10.7 Å². The SMILES string of the molecule is CSc1ccc(S(=O)(=O)N(CC(=O)N(Cc2cccc(Cl)c2)[C@@H](C)C(=O)NC2CCCC2)c2ccc(C)cc2)cc1. The van der Waals surface area contributed by atoms with Gasteiger partial charge in [0.1, 0.15) is 12.6 Å². The molecule has 3 aromatic carbocycles. The van der Waals surface area contributed by atoms with Gasteiger partial charge in [-0.2, -0.15) is 0 Å². The minimum atomic E-state index is -4.11. The summed E-state index contributed by atoms with van der Waals surface area (Å²) in [4.78, 5) is 29.8. The molecular weight excluding hydrogens is 578 g/mol. The maximum atomic E-state index is 14.0. The molecule has 0 spiro atoms. The summed E-state index contributed by atoms with van der Waals surface area (Å²) < 4.78 is 29.0. The van der Waals surface area contributed by atoms with Crippen LogP contribution in [0.3, 0.4) is 0 Å². The van der Waals surface area contributed by atoms with Gasteiger partial charge in [-0.1, -0.05) is 54.3 Å². The number of hydrogen-bond donors (Lipinski definition) is 1. The number of nitrogens with one attached hydrogen (secondary N) is 1. The number of amides is 2. The van der Waals surface area contributed by atoms with Crippen LogP contribution in [-0.2, 0) is 26.2 Å². The normalized spacial score (nSPS) is 14.4. The van der Waals surface area contributed by atoms with Gasteiger partial charge in [-0.25, -0.2) is 8.42 Å². The number of rotatable bonds is 11. The Morgan fingerprint density at radius 3 is 2.29 bits per heavy atom. The van der Waals surface area contributed by atoms with Crippen molar-refractivity contribution in [3.63, 3.8) is 0 Å². The minimum absolute atomic E-state index is 0.0806. The molecular formula is C31H36ClN3O4S2. The van der Waals surface area contributed by atoms with Gasteiger partial charge in [0.25, 0.3) is 10.0 Å². The summed E-state index contributed by atoms with van der Waals surface area (Å²) in [7, 11) is -4.11. The van der Waals surface area contributed by atoms with Gasteiger partial charge >= 0.3 is 0 Å². The molecule has 0 aliphatic heterocycles. The van der Waals surface area contributed by atoms with Crippen LogP contribution in [0.15, 0.2) is 82.6 Å².